The third-order valence-corrected chi connectivity index (χ3v) is 2.21. The first-order valence-corrected chi connectivity index (χ1v) is 4.48. The number of hydrogen-bond acceptors (Lipinski definition) is 2. The molecule has 2 rings (SSSR count). The molecule has 0 amide bonds. The first-order valence-electron chi connectivity index (χ1n) is 4.48. The first-order chi connectivity index (χ1) is 7.02. The monoisotopic (exact) mass is 215 g/mol. The Labute approximate surface area is 83.7 Å². The van der Waals surface area contributed by atoms with Crippen LogP contribution < -0.4 is 0 Å². The predicted octanol–water partition coefficient (Wildman–Crippen LogP) is 3.41. The van der Waals surface area contributed by atoms with Gasteiger partial charge in [0.1, 0.15) is 0 Å². The van der Waals surface area contributed by atoms with Gasteiger partial charge in [0.25, 0.3) is 0 Å². The minimum Gasteiger partial charge on any atom is -0.356 e. The van der Waals surface area contributed by atoms with Gasteiger partial charge in [-0.3, -0.25) is 0 Å². The van der Waals surface area contributed by atoms with Crippen molar-refractivity contribution < 1.29 is 17.7 Å². The van der Waals surface area contributed by atoms with Crippen LogP contribution in [-0.2, 0) is 12.6 Å². The zero-order valence-electron chi connectivity index (χ0n) is 7.93. The maximum Gasteiger partial charge on any atom is 0.416 e. The lowest BCUT2D eigenvalue weighted by Crippen LogP contribution is -2.03. The quantitative estimate of drug-likeness (QED) is 0.728. The smallest absolute Gasteiger partial charge is 0.356 e. The second kappa shape index (κ2) is 3.25. The van der Waals surface area contributed by atoms with Crippen LogP contribution in [0.1, 0.15) is 18.2 Å². The second-order valence-corrected chi connectivity index (χ2v) is 3.19. The molecule has 15 heavy (non-hydrogen) atoms. The van der Waals surface area contributed by atoms with Crippen molar-refractivity contribution in [2.24, 2.45) is 0 Å². The fraction of sp³-hybridized carbons (Fsp3) is 0.300. The molecule has 0 saturated carbocycles. The highest BCUT2D eigenvalue weighted by atomic mass is 19.4. The zero-order valence-corrected chi connectivity index (χ0v) is 7.93. The molecular weight excluding hydrogens is 207 g/mol. The van der Waals surface area contributed by atoms with Crippen LogP contribution in [-0.4, -0.2) is 5.16 Å². The summed E-state index contributed by atoms with van der Waals surface area (Å²) in [6.07, 6.45) is -3.70. The number of aromatic nitrogens is 1. The molecule has 2 aromatic rings. The summed E-state index contributed by atoms with van der Waals surface area (Å²) < 4.78 is 41.9. The Morgan fingerprint density at radius 1 is 1.33 bits per heavy atom. The molecule has 0 fully saturated rings. The highest BCUT2D eigenvalue weighted by Crippen LogP contribution is 2.32. The van der Waals surface area contributed by atoms with E-state index in [1.165, 1.54) is 6.07 Å². The predicted molar refractivity (Wildman–Crippen MR) is 48.4 cm³/mol. The number of hydrogen-bond donors (Lipinski definition) is 0. The molecule has 1 heterocycles. The average molecular weight is 215 g/mol. The topological polar surface area (TPSA) is 26.0 Å². The van der Waals surface area contributed by atoms with Crippen LogP contribution in [0.3, 0.4) is 0 Å². The molecule has 2 nitrogen and oxygen atoms in total. The van der Waals surface area contributed by atoms with E-state index >= 15 is 0 Å². The summed E-state index contributed by atoms with van der Waals surface area (Å²) in [6.45, 7) is 1.87. The molecule has 0 aliphatic carbocycles. The summed E-state index contributed by atoms with van der Waals surface area (Å²) in [6, 6.07) is 3.41. The molecule has 0 aliphatic rings. The number of fused-ring (bicyclic) bond motifs is 1. The lowest BCUT2D eigenvalue weighted by Gasteiger charge is -2.04. The minimum absolute atomic E-state index is 0.182. The largest absolute Gasteiger partial charge is 0.416 e. The Kier molecular flexibility index (Phi) is 2.17. The summed E-state index contributed by atoms with van der Waals surface area (Å²) in [7, 11) is 0. The molecule has 1 aromatic heterocycles. The number of benzene rings is 1. The van der Waals surface area contributed by atoms with E-state index in [-0.39, 0.29) is 5.58 Å². The number of halogens is 3. The van der Waals surface area contributed by atoms with Crippen molar-refractivity contribution in [3.63, 3.8) is 0 Å². The lowest BCUT2D eigenvalue weighted by molar-refractivity contribution is -0.137. The third kappa shape index (κ3) is 1.69. The Balaban J connectivity index is 2.58. The zero-order chi connectivity index (χ0) is 11.1. The van der Waals surface area contributed by atoms with Gasteiger partial charge in [-0.1, -0.05) is 12.1 Å². The van der Waals surface area contributed by atoms with Gasteiger partial charge in [-0.2, -0.15) is 13.2 Å². The van der Waals surface area contributed by atoms with Crippen LogP contribution >= 0.6 is 0 Å². The molecule has 0 aliphatic heterocycles. The van der Waals surface area contributed by atoms with E-state index in [4.69, 9.17) is 4.52 Å². The van der Waals surface area contributed by atoms with Crippen LogP contribution in [0.4, 0.5) is 13.2 Å². The molecule has 0 unspecified atom stereocenters. The van der Waals surface area contributed by atoms with Crippen molar-refractivity contribution in [2.75, 3.05) is 0 Å². The minimum atomic E-state index is -4.34. The van der Waals surface area contributed by atoms with Gasteiger partial charge >= 0.3 is 6.18 Å². The maximum atomic E-state index is 12.3. The molecular formula is C10H8F3NO. The molecule has 0 saturated heterocycles. The van der Waals surface area contributed by atoms with E-state index in [2.05, 4.69) is 5.16 Å². The van der Waals surface area contributed by atoms with Gasteiger partial charge in [0, 0.05) is 5.39 Å². The number of alkyl halides is 3. The van der Waals surface area contributed by atoms with Gasteiger partial charge in [0.05, 0.1) is 11.3 Å². The van der Waals surface area contributed by atoms with Crippen LogP contribution in [0.2, 0.25) is 0 Å². The van der Waals surface area contributed by atoms with E-state index < -0.39 is 11.7 Å². The van der Waals surface area contributed by atoms with Crippen molar-refractivity contribution in [1.82, 2.24) is 5.16 Å². The van der Waals surface area contributed by atoms with Crippen LogP contribution in [0.5, 0.6) is 0 Å². The number of aryl methyl sites for hydroxylation is 1. The molecule has 5 heteroatoms. The van der Waals surface area contributed by atoms with Crippen molar-refractivity contribution in [3.05, 3.63) is 29.5 Å². The molecule has 0 radical (unpaired) electrons. The molecule has 0 N–H and O–H groups in total. The van der Waals surface area contributed by atoms with Gasteiger partial charge in [0.2, 0.25) is 0 Å². The Hall–Kier alpha value is -1.52. The Morgan fingerprint density at radius 2 is 2.07 bits per heavy atom. The molecule has 0 spiro atoms. The van der Waals surface area contributed by atoms with E-state index in [9.17, 15) is 13.2 Å². The van der Waals surface area contributed by atoms with Crippen LogP contribution in [0.25, 0.3) is 11.0 Å². The highest BCUT2D eigenvalue weighted by molar-refractivity contribution is 5.80. The van der Waals surface area contributed by atoms with Crippen LogP contribution in [0, 0.1) is 0 Å². The van der Waals surface area contributed by atoms with Gasteiger partial charge in [0.15, 0.2) is 5.58 Å². The highest BCUT2D eigenvalue weighted by Gasteiger charge is 2.31. The van der Waals surface area contributed by atoms with Crippen molar-refractivity contribution in [3.8, 4) is 0 Å². The van der Waals surface area contributed by atoms with Gasteiger partial charge in [-0.25, -0.2) is 0 Å². The van der Waals surface area contributed by atoms with Gasteiger partial charge in [-0.05, 0) is 24.6 Å². The third-order valence-electron chi connectivity index (χ3n) is 2.21. The summed E-state index contributed by atoms with van der Waals surface area (Å²) >= 11 is 0. The van der Waals surface area contributed by atoms with Crippen LogP contribution in [0.15, 0.2) is 22.7 Å². The fourth-order valence-electron chi connectivity index (χ4n) is 1.42. The van der Waals surface area contributed by atoms with Crippen molar-refractivity contribution >= 4 is 11.0 Å². The number of nitrogens with zero attached hydrogens (tertiary/aromatic N) is 1. The Bertz CT molecular complexity index is 487. The second-order valence-electron chi connectivity index (χ2n) is 3.19. The van der Waals surface area contributed by atoms with Crippen molar-refractivity contribution in [2.45, 2.75) is 19.5 Å². The Morgan fingerprint density at radius 3 is 2.67 bits per heavy atom. The van der Waals surface area contributed by atoms with E-state index in [0.29, 0.717) is 17.5 Å². The SMILES string of the molecule is CCc1noc2cc(C(F)(F)F)ccc12. The fourth-order valence-corrected chi connectivity index (χ4v) is 1.42. The normalized spacial score (nSPS) is 12.3. The average Bonchev–Trinajstić information content (AvgIpc) is 2.58. The van der Waals surface area contributed by atoms with Gasteiger partial charge < -0.3 is 4.52 Å². The summed E-state index contributed by atoms with van der Waals surface area (Å²) in [4.78, 5) is 0. The summed E-state index contributed by atoms with van der Waals surface area (Å²) in [5, 5.41) is 4.34. The van der Waals surface area contributed by atoms with E-state index in [0.717, 1.165) is 12.1 Å². The summed E-state index contributed by atoms with van der Waals surface area (Å²) in [5.74, 6) is 0. The standard InChI is InChI=1S/C10H8F3NO/c1-2-8-7-4-3-6(10(11,12)13)5-9(7)15-14-8/h3-5H,2H2,1H3. The number of rotatable bonds is 1. The van der Waals surface area contributed by atoms with Crippen molar-refractivity contribution in [1.29, 1.82) is 0 Å². The molecule has 1 aromatic carbocycles. The summed E-state index contributed by atoms with van der Waals surface area (Å²) in [5.41, 5.74) is 0.147. The molecule has 0 atom stereocenters. The molecule has 80 valence electrons. The van der Waals surface area contributed by atoms with E-state index in [1.54, 1.807) is 0 Å². The van der Waals surface area contributed by atoms with E-state index in [1.807, 2.05) is 6.92 Å². The molecule has 0 bridgehead atoms. The lowest BCUT2D eigenvalue weighted by atomic mass is 10.1. The maximum absolute atomic E-state index is 12.3. The van der Waals surface area contributed by atoms with Gasteiger partial charge in [-0.15, -0.1) is 0 Å². The first kappa shape index (κ1) is 10.0.